The summed E-state index contributed by atoms with van der Waals surface area (Å²) in [6, 6.07) is 8.19. The molecule has 2 rings (SSSR count). The Labute approximate surface area is 65.7 Å². The molecule has 0 aliphatic heterocycles. The molecule has 1 radical (unpaired) electrons. The zero-order valence-corrected chi connectivity index (χ0v) is 6.33. The van der Waals surface area contributed by atoms with E-state index >= 15 is 0 Å². The van der Waals surface area contributed by atoms with Crippen LogP contribution in [0.3, 0.4) is 0 Å². The minimum absolute atomic E-state index is 1.12. The highest BCUT2D eigenvalue weighted by molar-refractivity contribution is 5.83. The predicted octanol–water partition coefficient (Wildman–Crippen LogP) is 2.34. The van der Waals surface area contributed by atoms with E-state index in [1.807, 2.05) is 12.1 Å². The van der Waals surface area contributed by atoms with Crippen LogP contribution in [0, 0.1) is 13.1 Å². The van der Waals surface area contributed by atoms with Gasteiger partial charge in [-0.1, -0.05) is 18.2 Å². The van der Waals surface area contributed by atoms with E-state index in [4.69, 9.17) is 0 Å². The average Bonchev–Trinajstić information content (AvgIpc) is 2.06. The van der Waals surface area contributed by atoms with Gasteiger partial charge in [0.15, 0.2) is 0 Å². The van der Waals surface area contributed by atoms with Crippen molar-refractivity contribution in [3.05, 3.63) is 42.2 Å². The highest BCUT2D eigenvalue weighted by Gasteiger charge is 1.93. The Hall–Kier alpha value is -1.37. The molecule has 0 N–H and O–H groups in total. The van der Waals surface area contributed by atoms with Crippen LogP contribution in [0.1, 0.15) is 5.56 Å². The second kappa shape index (κ2) is 2.35. The topological polar surface area (TPSA) is 12.9 Å². The first kappa shape index (κ1) is 6.35. The second-order valence-electron chi connectivity index (χ2n) is 2.60. The van der Waals surface area contributed by atoms with Gasteiger partial charge in [0.25, 0.3) is 0 Å². The highest BCUT2D eigenvalue weighted by atomic mass is 14.6. The van der Waals surface area contributed by atoms with Crippen molar-refractivity contribution in [2.75, 3.05) is 0 Å². The van der Waals surface area contributed by atoms with Crippen LogP contribution in [0.5, 0.6) is 0 Å². The van der Waals surface area contributed by atoms with Gasteiger partial charge in [-0.2, -0.15) is 0 Å². The van der Waals surface area contributed by atoms with E-state index in [1.165, 1.54) is 10.9 Å². The van der Waals surface area contributed by atoms with Gasteiger partial charge in [-0.05, 0) is 23.9 Å². The van der Waals surface area contributed by atoms with Crippen molar-refractivity contribution in [1.82, 2.24) is 4.98 Å². The Balaban J connectivity index is 2.91. The second-order valence-corrected chi connectivity index (χ2v) is 2.60. The lowest BCUT2D eigenvalue weighted by Gasteiger charge is -1.97. The van der Waals surface area contributed by atoms with E-state index in [0.717, 1.165) is 5.39 Å². The number of nitrogens with zero attached hydrogens (tertiary/aromatic N) is 1. The number of pyridine rings is 1. The molecule has 0 amide bonds. The number of aromatic nitrogens is 1. The maximum absolute atomic E-state index is 3.95. The van der Waals surface area contributed by atoms with Crippen LogP contribution in [0.2, 0.25) is 0 Å². The van der Waals surface area contributed by atoms with Crippen LogP contribution in [0.4, 0.5) is 0 Å². The summed E-state index contributed by atoms with van der Waals surface area (Å²) in [6.07, 6.45) is 4.73. The van der Waals surface area contributed by atoms with Crippen LogP contribution in [-0.2, 0) is 0 Å². The largest absolute Gasteiger partial charge is 0.254 e. The van der Waals surface area contributed by atoms with Gasteiger partial charge < -0.3 is 0 Å². The maximum atomic E-state index is 3.95. The molecule has 0 saturated carbocycles. The van der Waals surface area contributed by atoms with Crippen LogP contribution < -0.4 is 0 Å². The van der Waals surface area contributed by atoms with Crippen molar-refractivity contribution in [3.8, 4) is 0 Å². The Bertz CT molecular complexity index is 374. The molecule has 0 saturated heterocycles. The van der Waals surface area contributed by atoms with Crippen molar-refractivity contribution in [3.63, 3.8) is 0 Å². The SMILES string of the molecule is Cc1cccc2ccn[c]c12. The molecule has 0 aliphatic carbocycles. The van der Waals surface area contributed by atoms with Gasteiger partial charge in [-0.3, -0.25) is 4.98 Å². The van der Waals surface area contributed by atoms with Crippen molar-refractivity contribution in [2.24, 2.45) is 0 Å². The monoisotopic (exact) mass is 142 g/mol. The number of aryl methyl sites for hydroxylation is 1. The standard InChI is InChI=1S/C10H8N/c1-8-3-2-4-9-5-6-11-7-10(8)9/h2-6H,1H3. The van der Waals surface area contributed by atoms with Gasteiger partial charge in [0.2, 0.25) is 0 Å². The van der Waals surface area contributed by atoms with Gasteiger partial charge in [-0.15, -0.1) is 0 Å². The molecule has 1 aromatic carbocycles. The molecule has 11 heavy (non-hydrogen) atoms. The quantitative estimate of drug-likeness (QED) is 0.550. The molecular weight excluding hydrogens is 134 g/mol. The Morgan fingerprint density at radius 3 is 3.00 bits per heavy atom. The van der Waals surface area contributed by atoms with E-state index in [-0.39, 0.29) is 0 Å². The summed E-state index contributed by atoms with van der Waals surface area (Å²) in [5.74, 6) is 0. The fraction of sp³-hybridized carbons (Fsp3) is 0.100. The van der Waals surface area contributed by atoms with E-state index in [9.17, 15) is 0 Å². The summed E-state index contributed by atoms with van der Waals surface area (Å²) in [4.78, 5) is 3.95. The molecule has 0 bridgehead atoms. The molecule has 0 fully saturated rings. The Kier molecular flexibility index (Phi) is 1.35. The number of hydrogen-bond acceptors (Lipinski definition) is 1. The first-order chi connectivity index (χ1) is 5.38. The van der Waals surface area contributed by atoms with Crippen molar-refractivity contribution in [2.45, 2.75) is 6.92 Å². The van der Waals surface area contributed by atoms with Crippen LogP contribution in [0.25, 0.3) is 10.8 Å². The molecule has 2 aromatic rings. The van der Waals surface area contributed by atoms with Gasteiger partial charge in [0.05, 0.1) is 6.20 Å². The average molecular weight is 142 g/mol. The molecule has 1 aromatic heterocycles. The lowest BCUT2D eigenvalue weighted by Crippen LogP contribution is -1.78. The predicted molar refractivity (Wildman–Crippen MR) is 45.3 cm³/mol. The molecule has 53 valence electrons. The molecule has 1 heteroatoms. The zero-order valence-electron chi connectivity index (χ0n) is 6.33. The van der Waals surface area contributed by atoms with E-state index in [1.54, 1.807) is 6.20 Å². The first-order valence-corrected chi connectivity index (χ1v) is 3.60. The van der Waals surface area contributed by atoms with E-state index in [2.05, 4.69) is 30.2 Å². The smallest absolute Gasteiger partial charge is 0.0973 e. The summed E-state index contributed by atoms with van der Waals surface area (Å²) in [5.41, 5.74) is 1.23. The third-order valence-electron chi connectivity index (χ3n) is 1.81. The van der Waals surface area contributed by atoms with Crippen LogP contribution in [0.15, 0.2) is 30.5 Å². The van der Waals surface area contributed by atoms with E-state index in [0.29, 0.717) is 0 Å². The minimum Gasteiger partial charge on any atom is -0.254 e. The van der Waals surface area contributed by atoms with Crippen LogP contribution in [-0.4, -0.2) is 4.98 Å². The molecule has 0 spiro atoms. The third-order valence-corrected chi connectivity index (χ3v) is 1.81. The summed E-state index contributed by atoms with van der Waals surface area (Å²) >= 11 is 0. The number of hydrogen-bond donors (Lipinski definition) is 0. The third kappa shape index (κ3) is 0.984. The fourth-order valence-corrected chi connectivity index (χ4v) is 1.20. The molecule has 1 nitrogen and oxygen atoms in total. The molecular formula is C10H8N. The molecule has 0 aliphatic rings. The summed E-state index contributed by atoms with van der Waals surface area (Å²) in [5, 5.41) is 2.33. The number of benzene rings is 1. The summed E-state index contributed by atoms with van der Waals surface area (Å²) < 4.78 is 0. The lowest BCUT2D eigenvalue weighted by molar-refractivity contribution is 1.33. The normalized spacial score (nSPS) is 10.3. The summed E-state index contributed by atoms with van der Waals surface area (Å²) in [7, 11) is 0. The molecule has 0 atom stereocenters. The minimum atomic E-state index is 1.12. The zero-order chi connectivity index (χ0) is 7.68. The fourth-order valence-electron chi connectivity index (χ4n) is 1.20. The van der Waals surface area contributed by atoms with Crippen molar-refractivity contribution in [1.29, 1.82) is 0 Å². The molecule has 0 unspecified atom stereocenters. The molecule has 1 heterocycles. The summed E-state index contributed by atoms with van der Waals surface area (Å²) in [6.45, 7) is 2.07. The number of rotatable bonds is 0. The lowest BCUT2D eigenvalue weighted by atomic mass is 10.1. The maximum Gasteiger partial charge on any atom is 0.0973 e. The highest BCUT2D eigenvalue weighted by Crippen LogP contribution is 2.14. The van der Waals surface area contributed by atoms with Crippen molar-refractivity contribution < 1.29 is 0 Å². The number of fused-ring (bicyclic) bond motifs is 1. The Morgan fingerprint density at radius 1 is 1.27 bits per heavy atom. The first-order valence-electron chi connectivity index (χ1n) is 3.60. The van der Waals surface area contributed by atoms with E-state index < -0.39 is 0 Å². The van der Waals surface area contributed by atoms with Crippen molar-refractivity contribution >= 4 is 10.8 Å². The van der Waals surface area contributed by atoms with Gasteiger partial charge in [0, 0.05) is 11.6 Å². The van der Waals surface area contributed by atoms with Gasteiger partial charge in [0.1, 0.15) is 0 Å². The van der Waals surface area contributed by atoms with Gasteiger partial charge in [-0.25, -0.2) is 0 Å². The van der Waals surface area contributed by atoms with Crippen LogP contribution >= 0.6 is 0 Å². The van der Waals surface area contributed by atoms with Gasteiger partial charge >= 0.3 is 0 Å². The Morgan fingerprint density at radius 2 is 2.18 bits per heavy atom.